The lowest BCUT2D eigenvalue weighted by atomic mass is 10.3. The van der Waals surface area contributed by atoms with Crippen LogP contribution in [0.3, 0.4) is 0 Å². The Morgan fingerprint density at radius 3 is 2.35 bits per heavy atom. The van der Waals surface area contributed by atoms with Gasteiger partial charge in [-0.2, -0.15) is 9.29 Å². The van der Waals surface area contributed by atoms with E-state index in [9.17, 15) is 8.42 Å². The van der Waals surface area contributed by atoms with Crippen LogP contribution in [0.4, 0.5) is 5.82 Å². The lowest BCUT2D eigenvalue weighted by Crippen LogP contribution is -2.49. The van der Waals surface area contributed by atoms with E-state index in [0.29, 0.717) is 50.2 Å². The van der Waals surface area contributed by atoms with E-state index >= 15 is 0 Å². The van der Waals surface area contributed by atoms with E-state index in [0.717, 1.165) is 18.7 Å². The van der Waals surface area contributed by atoms with Gasteiger partial charge < -0.3 is 14.4 Å². The van der Waals surface area contributed by atoms with Crippen molar-refractivity contribution in [3.05, 3.63) is 36.2 Å². The minimum absolute atomic E-state index is 0.0209. The van der Waals surface area contributed by atoms with Crippen molar-refractivity contribution in [1.82, 2.24) is 14.3 Å². The van der Waals surface area contributed by atoms with E-state index in [1.807, 2.05) is 26.8 Å². The summed E-state index contributed by atoms with van der Waals surface area (Å²) < 4.78 is 39.0. The van der Waals surface area contributed by atoms with Crippen LogP contribution in [0.5, 0.6) is 11.6 Å². The molecule has 0 atom stereocenters. The van der Waals surface area contributed by atoms with E-state index in [4.69, 9.17) is 9.47 Å². The van der Waals surface area contributed by atoms with Crippen LogP contribution in [0.25, 0.3) is 0 Å². The fraction of sp³-hybridized carbons (Fsp3) is 0.545. The molecule has 1 aliphatic rings. The van der Waals surface area contributed by atoms with Gasteiger partial charge in [-0.05, 0) is 51.5 Å². The fourth-order valence-electron chi connectivity index (χ4n) is 3.34. The number of aromatic nitrogens is 2. The van der Waals surface area contributed by atoms with Crippen LogP contribution in [0.2, 0.25) is 0 Å². The lowest BCUT2D eigenvalue weighted by Gasteiger charge is -2.34. The number of anilines is 1. The third-order valence-electron chi connectivity index (χ3n) is 4.95. The molecular formula is C22H32N4O4S. The molecule has 1 aliphatic heterocycles. The Labute approximate surface area is 185 Å². The Kier molecular flexibility index (Phi) is 7.72. The van der Waals surface area contributed by atoms with Gasteiger partial charge in [0.2, 0.25) is 15.9 Å². The lowest BCUT2D eigenvalue weighted by molar-refractivity contribution is 0.231. The molecule has 8 nitrogen and oxygen atoms in total. The molecule has 0 saturated carbocycles. The number of ether oxygens (including phenoxy) is 2. The number of aryl methyl sites for hydroxylation is 1. The van der Waals surface area contributed by atoms with Gasteiger partial charge in [0.1, 0.15) is 17.4 Å². The molecule has 3 rings (SSSR count). The first-order valence-corrected chi connectivity index (χ1v) is 12.2. The van der Waals surface area contributed by atoms with Gasteiger partial charge in [-0.1, -0.05) is 13.3 Å². The highest BCUT2D eigenvalue weighted by Gasteiger charge is 2.29. The summed E-state index contributed by atoms with van der Waals surface area (Å²) in [6.45, 7) is 10.3. The first kappa shape index (κ1) is 23.3. The Hall–Kier alpha value is -2.39. The summed E-state index contributed by atoms with van der Waals surface area (Å²) in [7, 11) is -3.55. The minimum atomic E-state index is -3.55. The average molecular weight is 449 g/mol. The monoisotopic (exact) mass is 448 g/mol. The first-order chi connectivity index (χ1) is 14.8. The summed E-state index contributed by atoms with van der Waals surface area (Å²) in [6.07, 6.45) is 2.05. The van der Waals surface area contributed by atoms with Crippen LogP contribution < -0.4 is 14.4 Å². The number of hydrogen-bond acceptors (Lipinski definition) is 7. The smallest absolute Gasteiger partial charge is 0.243 e. The third-order valence-corrected chi connectivity index (χ3v) is 6.86. The Bertz CT molecular complexity index is 956. The second-order valence-electron chi connectivity index (χ2n) is 7.84. The number of benzene rings is 1. The van der Waals surface area contributed by atoms with Gasteiger partial charge in [-0.25, -0.2) is 13.4 Å². The van der Waals surface area contributed by atoms with Gasteiger partial charge in [0.25, 0.3) is 0 Å². The normalized spacial score (nSPS) is 15.3. The molecule has 0 N–H and O–H groups in total. The van der Waals surface area contributed by atoms with Crippen LogP contribution in [0.1, 0.15) is 39.4 Å². The van der Waals surface area contributed by atoms with E-state index in [2.05, 4.69) is 21.8 Å². The molecular weight excluding hydrogens is 416 g/mol. The van der Waals surface area contributed by atoms with Gasteiger partial charge in [-0.3, -0.25) is 0 Å². The van der Waals surface area contributed by atoms with Crippen molar-refractivity contribution in [3.8, 4) is 11.6 Å². The van der Waals surface area contributed by atoms with E-state index in [1.165, 1.54) is 4.31 Å². The third kappa shape index (κ3) is 6.07. The number of piperazine rings is 1. The molecule has 1 saturated heterocycles. The quantitative estimate of drug-likeness (QED) is 0.544. The Morgan fingerprint density at radius 1 is 1.06 bits per heavy atom. The number of unbranched alkanes of at least 4 members (excludes halogenated alkanes) is 1. The molecule has 1 aromatic carbocycles. The van der Waals surface area contributed by atoms with Crippen molar-refractivity contribution in [3.63, 3.8) is 0 Å². The van der Waals surface area contributed by atoms with Crippen LogP contribution in [-0.2, 0) is 10.0 Å². The maximum atomic E-state index is 13.1. The molecule has 2 heterocycles. The van der Waals surface area contributed by atoms with Gasteiger partial charge in [-0.15, -0.1) is 0 Å². The van der Waals surface area contributed by atoms with Crippen molar-refractivity contribution in [1.29, 1.82) is 0 Å². The second-order valence-corrected chi connectivity index (χ2v) is 9.78. The standard InChI is InChI=1S/C22H32N4O4S/c1-5-6-15-29-19-7-9-20(10-8-19)31(27,28)26-13-11-25(12-14-26)21-16-22(30-17(2)3)24-18(4)23-21/h7-10,16-17H,5-6,11-15H2,1-4H3. The zero-order valence-electron chi connectivity index (χ0n) is 18.7. The zero-order chi connectivity index (χ0) is 22.4. The fourth-order valence-corrected chi connectivity index (χ4v) is 4.76. The average Bonchev–Trinajstić information content (AvgIpc) is 2.73. The van der Waals surface area contributed by atoms with Crippen LogP contribution >= 0.6 is 0 Å². The highest BCUT2D eigenvalue weighted by atomic mass is 32.2. The number of hydrogen-bond donors (Lipinski definition) is 0. The van der Waals surface area contributed by atoms with E-state index in [1.54, 1.807) is 24.3 Å². The number of nitrogens with zero attached hydrogens (tertiary/aromatic N) is 4. The molecule has 9 heteroatoms. The molecule has 0 radical (unpaired) electrons. The van der Waals surface area contributed by atoms with Gasteiger partial charge in [0, 0.05) is 32.2 Å². The van der Waals surface area contributed by atoms with E-state index < -0.39 is 10.0 Å². The zero-order valence-corrected chi connectivity index (χ0v) is 19.6. The molecule has 2 aromatic rings. The summed E-state index contributed by atoms with van der Waals surface area (Å²) in [5, 5.41) is 0. The highest BCUT2D eigenvalue weighted by molar-refractivity contribution is 7.89. The van der Waals surface area contributed by atoms with Gasteiger partial charge in [0.05, 0.1) is 17.6 Å². The predicted octanol–water partition coefficient (Wildman–Crippen LogP) is 3.26. The maximum Gasteiger partial charge on any atom is 0.243 e. The van der Waals surface area contributed by atoms with E-state index in [-0.39, 0.29) is 11.0 Å². The molecule has 1 fully saturated rings. The molecule has 0 spiro atoms. The topological polar surface area (TPSA) is 84.9 Å². The van der Waals surface area contributed by atoms with Crippen molar-refractivity contribution < 1.29 is 17.9 Å². The van der Waals surface area contributed by atoms with Gasteiger partial charge in [0.15, 0.2) is 0 Å². The number of rotatable bonds is 9. The SMILES string of the molecule is CCCCOc1ccc(S(=O)(=O)N2CCN(c3cc(OC(C)C)nc(C)n3)CC2)cc1. The van der Waals surface area contributed by atoms with Crippen LogP contribution in [-0.4, -0.2) is 61.6 Å². The number of sulfonamides is 1. The largest absolute Gasteiger partial charge is 0.494 e. The Balaban J connectivity index is 1.64. The highest BCUT2D eigenvalue weighted by Crippen LogP contribution is 2.24. The van der Waals surface area contributed by atoms with Crippen molar-refractivity contribution in [2.45, 2.75) is 51.5 Å². The molecule has 31 heavy (non-hydrogen) atoms. The molecule has 170 valence electrons. The van der Waals surface area contributed by atoms with Crippen LogP contribution in [0.15, 0.2) is 35.2 Å². The van der Waals surface area contributed by atoms with Crippen LogP contribution in [0, 0.1) is 6.92 Å². The molecule has 1 aromatic heterocycles. The predicted molar refractivity (Wildman–Crippen MR) is 120 cm³/mol. The summed E-state index contributed by atoms with van der Waals surface area (Å²) in [6, 6.07) is 8.49. The molecule has 0 unspecified atom stereocenters. The van der Waals surface area contributed by atoms with Crippen molar-refractivity contribution >= 4 is 15.8 Å². The molecule has 0 aliphatic carbocycles. The summed E-state index contributed by atoms with van der Waals surface area (Å²) in [4.78, 5) is 11.2. The minimum Gasteiger partial charge on any atom is -0.494 e. The van der Waals surface area contributed by atoms with Crippen molar-refractivity contribution in [2.75, 3.05) is 37.7 Å². The van der Waals surface area contributed by atoms with Gasteiger partial charge >= 0.3 is 0 Å². The molecule has 0 amide bonds. The summed E-state index contributed by atoms with van der Waals surface area (Å²) in [5.41, 5.74) is 0. The summed E-state index contributed by atoms with van der Waals surface area (Å²) in [5.74, 6) is 2.61. The Morgan fingerprint density at radius 2 is 1.74 bits per heavy atom. The summed E-state index contributed by atoms with van der Waals surface area (Å²) >= 11 is 0. The first-order valence-electron chi connectivity index (χ1n) is 10.8. The molecule has 0 bridgehead atoms. The second kappa shape index (κ2) is 10.3. The maximum absolute atomic E-state index is 13.1. The van der Waals surface area contributed by atoms with Crippen molar-refractivity contribution in [2.24, 2.45) is 0 Å².